The molecule has 0 radical (unpaired) electrons. The Labute approximate surface area is 119 Å². The Morgan fingerprint density at radius 3 is 2.82 bits per heavy atom. The van der Waals surface area contributed by atoms with Gasteiger partial charge in [0.1, 0.15) is 10.6 Å². The van der Waals surface area contributed by atoms with Gasteiger partial charge >= 0.3 is 0 Å². The molecule has 7 heteroatoms. The van der Waals surface area contributed by atoms with Crippen LogP contribution in [-0.2, 0) is 0 Å². The van der Waals surface area contributed by atoms with Gasteiger partial charge in [-0.25, -0.2) is 0 Å². The molecule has 0 saturated carbocycles. The van der Waals surface area contributed by atoms with E-state index < -0.39 is 0 Å². The van der Waals surface area contributed by atoms with E-state index in [0.29, 0.717) is 21.9 Å². The molecule has 0 aliphatic heterocycles. The zero-order valence-electron chi connectivity index (χ0n) is 8.12. The monoisotopic (exact) mass is 351 g/mol. The van der Waals surface area contributed by atoms with E-state index in [4.69, 9.17) is 27.9 Å². The number of rotatable bonds is 3. The molecule has 0 unspecified atom stereocenters. The number of carbonyl (C=O) groups excluding carboxylic acids is 1. The average Bonchev–Trinajstić information content (AvgIpc) is 2.64. The van der Waals surface area contributed by atoms with Crippen LogP contribution < -0.4 is 4.74 Å². The lowest BCUT2D eigenvalue weighted by atomic mass is 10.3. The van der Waals surface area contributed by atoms with Crippen molar-refractivity contribution in [2.24, 2.45) is 0 Å². The Hall–Kier alpha value is -0.620. The van der Waals surface area contributed by atoms with Gasteiger partial charge in [-0.05, 0) is 18.2 Å². The van der Waals surface area contributed by atoms with Crippen molar-refractivity contribution >= 4 is 56.8 Å². The molecule has 0 bridgehead atoms. The Bertz CT molecular complexity index is 573. The van der Waals surface area contributed by atoms with E-state index in [1.165, 1.54) is 0 Å². The van der Waals surface area contributed by atoms with Gasteiger partial charge < -0.3 is 4.74 Å². The van der Waals surface area contributed by atoms with E-state index in [1.807, 2.05) is 0 Å². The first kappa shape index (κ1) is 12.8. The summed E-state index contributed by atoms with van der Waals surface area (Å²) in [5, 5.41) is 0.857. The lowest BCUT2D eigenvalue weighted by Crippen LogP contribution is -1.84. The molecule has 0 aliphatic carbocycles. The van der Waals surface area contributed by atoms with Gasteiger partial charge in [0.05, 0.1) is 5.02 Å². The first-order chi connectivity index (χ1) is 8.10. The molecule has 1 aromatic heterocycles. The van der Waals surface area contributed by atoms with E-state index >= 15 is 0 Å². The molecule has 1 aromatic carbocycles. The quantitative estimate of drug-likeness (QED) is 0.743. The van der Waals surface area contributed by atoms with Crippen LogP contribution in [0.5, 0.6) is 10.9 Å². The number of ether oxygens (including phenoxy) is 1. The van der Waals surface area contributed by atoms with Crippen molar-refractivity contribution in [2.45, 2.75) is 0 Å². The highest BCUT2D eigenvalue weighted by atomic mass is 79.9. The smallest absolute Gasteiger partial charge is 0.280 e. The van der Waals surface area contributed by atoms with E-state index in [1.54, 1.807) is 18.2 Å². The summed E-state index contributed by atoms with van der Waals surface area (Å²) < 4.78 is 6.28. The maximum absolute atomic E-state index is 10.6. The van der Waals surface area contributed by atoms with Crippen LogP contribution in [0.4, 0.5) is 0 Å². The predicted octanol–water partition coefficient (Wildman–Crippen LogP) is 4.82. The Morgan fingerprint density at radius 2 is 2.18 bits per heavy atom. The minimum atomic E-state index is 0.131. The van der Waals surface area contributed by atoms with Gasteiger partial charge in [0.2, 0.25) is 0 Å². The van der Waals surface area contributed by atoms with Crippen molar-refractivity contribution in [1.82, 2.24) is 4.98 Å². The summed E-state index contributed by atoms with van der Waals surface area (Å²) >= 11 is 16.0. The standard InChI is InChI=1S/C10H4BrCl2NO2S/c11-5-1-2-6(12)7(3-5)16-10-14-9(13)8(4-15)17-10/h1-4H. The van der Waals surface area contributed by atoms with Crippen molar-refractivity contribution in [3.8, 4) is 10.9 Å². The highest BCUT2D eigenvalue weighted by molar-refractivity contribution is 9.10. The average molecular weight is 353 g/mol. The van der Waals surface area contributed by atoms with Crippen LogP contribution in [0.25, 0.3) is 0 Å². The Balaban J connectivity index is 2.30. The molecule has 88 valence electrons. The second-order valence-corrected chi connectivity index (χ2v) is 5.60. The molecule has 0 amide bonds. The molecule has 0 fully saturated rings. The molecule has 2 rings (SSSR count). The fraction of sp³-hybridized carbons (Fsp3) is 0. The normalized spacial score (nSPS) is 10.3. The van der Waals surface area contributed by atoms with Crippen molar-refractivity contribution in [2.75, 3.05) is 0 Å². The van der Waals surface area contributed by atoms with Crippen LogP contribution in [0.15, 0.2) is 22.7 Å². The van der Waals surface area contributed by atoms with E-state index in [2.05, 4.69) is 20.9 Å². The molecule has 0 N–H and O–H groups in total. The Kier molecular flexibility index (Phi) is 4.04. The summed E-state index contributed by atoms with van der Waals surface area (Å²) in [4.78, 5) is 14.8. The number of benzene rings is 1. The van der Waals surface area contributed by atoms with Gasteiger partial charge in [-0.15, -0.1) is 0 Å². The van der Waals surface area contributed by atoms with Crippen LogP contribution in [0.1, 0.15) is 9.67 Å². The minimum absolute atomic E-state index is 0.131. The van der Waals surface area contributed by atoms with Crippen molar-refractivity contribution in [3.05, 3.63) is 37.7 Å². The topological polar surface area (TPSA) is 39.2 Å². The van der Waals surface area contributed by atoms with E-state index in [0.717, 1.165) is 15.8 Å². The van der Waals surface area contributed by atoms with Gasteiger partial charge in [-0.2, -0.15) is 4.98 Å². The summed E-state index contributed by atoms with van der Waals surface area (Å²) in [6.45, 7) is 0. The SMILES string of the molecule is O=Cc1sc(Oc2cc(Br)ccc2Cl)nc1Cl. The first-order valence-corrected chi connectivity index (χ1v) is 6.71. The summed E-state index contributed by atoms with van der Waals surface area (Å²) in [5.41, 5.74) is 0. The van der Waals surface area contributed by atoms with Crippen molar-refractivity contribution in [3.63, 3.8) is 0 Å². The summed E-state index contributed by atoms with van der Waals surface area (Å²) in [7, 11) is 0. The highest BCUT2D eigenvalue weighted by Gasteiger charge is 2.12. The molecule has 1 heterocycles. The minimum Gasteiger partial charge on any atom is -0.429 e. The van der Waals surface area contributed by atoms with Gasteiger partial charge in [0.25, 0.3) is 5.19 Å². The van der Waals surface area contributed by atoms with Crippen LogP contribution >= 0.6 is 50.5 Å². The zero-order valence-corrected chi connectivity index (χ0v) is 12.0. The lowest BCUT2D eigenvalue weighted by molar-refractivity contribution is 0.112. The second kappa shape index (κ2) is 5.35. The number of aromatic nitrogens is 1. The molecule has 0 atom stereocenters. The summed E-state index contributed by atoms with van der Waals surface area (Å²) in [6, 6.07) is 5.19. The fourth-order valence-corrected chi connectivity index (χ4v) is 2.48. The van der Waals surface area contributed by atoms with E-state index in [9.17, 15) is 4.79 Å². The second-order valence-electron chi connectivity index (χ2n) is 2.93. The van der Waals surface area contributed by atoms with Crippen LogP contribution in [-0.4, -0.2) is 11.3 Å². The molecule has 0 saturated heterocycles. The van der Waals surface area contributed by atoms with Crippen molar-refractivity contribution < 1.29 is 9.53 Å². The largest absolute Gasteiger partial charge is 0.429 e. The summed E-state index contributed by atoms with van der Waals surface area (Å²) in [6.07, 6.45) is 0.634. The number of hydrogen-bond donors (Lipinski definition) is 0. The first-order valence-electron chi connectivity index (χ1n) is 4.34. The summed E-state index contributed by atoms with van der Waals surface area (Å²) in [5.74, 6) is 0.448. The zero-order chi connectivity index (χ0) is 12.4. The van der Waals surface area contributed by atoms with Crippen LogP contribution in [0.2, 0.25) is 10.2 Å². The molecular weight excluding hydrogens is 349 g/mol. The molecule has 3 nitrogen and oxygen atoms in total. The van der Waals surface area contributed by atoms with Crippen LogP contribution in [0.3, 0.4) is 0 Å². The molecular formula is C10H4BrCl2NO2S. The predicted molar refractivity (Wildman–Crippen MR) is 71.7 cm³/mol. The molecule has 17 heavy (non-hydrogen) atoms. The number of carbonyl (C=O) groups is 1. The third-order valence-electron chi connectivity index (χ3n) is 1.79. The highest BCUT2D eigenvalue weighted by Crippen LogP contribution is 2.35. The van der Waals surface area contributed by atoms with Crippen molar-refractivity contribution in [1.29, 1.82) is 0 Å². The Morgan fingerprint density at radius 1 is 1.41 bits per heavy atom. The number of halogens is 3. The number of aldehydes is 1. The molecule has 0 spiro atoms. The van der Waals surface area contributed by atoms with Gasteiger partial charge in [0, 0.05) is 4.47 Å². The maximum Gasteiger partial charge on any atom is 0.280 e. The number of nitrogens with zero attached hydrogens (tertiary/aromatic N) is 1. The molecule has 0 aliphatic rings. The third-order valence-corrected chi connectivity index (χ3v) is 3.85. The lowest BCUT2D eigenvalue weighted by Gasteiger charge is -2.03. The van der Waals surface area contributed by atoms with Crippen LogP contribution in [0, 0.1) is 0 Å². The van der Waals surface area contributed by atoms with Gasteiger partial charge in [-0.1, -0.05) is 50.5 Å². The maximum atomic E-state index is 10.6. The third kappa shape index (κ3) is 2.98. The number of thiazole rings is 1. The van der Waals surface area contributed by atoms with Gasteiger partial charge in [-0.3, -0.25) is 4.79 Å². The molecule has 2 aromatic rings. The van der Waals surface area contributed by atoms with Gasteiger partial charge in [0.15, 0.2) is 11.4 Å². The fourth-order valence-electron chi connectivity index (χ4n) is 1.06. The van der Waals surface area contributed by atoms with E-state index in [-0.39, 0.29) is 10.3 Å². The number of hydrogen-bond acceptors (Lipinski definition) is 4.